The molecule has 1 aromatic heterocycles. The van der Waals surface area contributed by atoms with Crippen molar-refractivity contribution in [3.05, 3.63) is 95.5 Å². The third-order valence-electron chi connectivity index (χ3n) is 3.72. The number of aliphatic imine (C=N–C) groups is 1. The van der Waals surface area contributed by atoms with E-state index in [1.165, 1.54) is 0 Å². The largest absolute Gasteiger partial charge is 0.466 e. The average molecular weight is 316 g/mol. The van der Waals surface area contributed by atoms with E-state index in [9.17, 15) is 0 Å². The first-order valence-corrected chi connectivity index (χ1v) is 7.87. The fourth-order valence-electron chi connectivity index (χ4n) is 2.56. The summed E-state index contributed by atoms with van der Waals surface area (Å²) in [7, 11) is 0. The van der Waals surface area contributed by atoms with Gasteiger partial charge in [0.1, 0.15) is 11.5 Å². The van der Waals surface area contributed by atoms with Gasteiger partial charge < -0.3 is 10.2 Å². The SMILES string of the molecule is Cc1cc(C(/C=C(\N)c2ccccc2)=Nc2ccccc2)c(C)o1. The van der Waals surface area contributed by atoms with E-state index in [0.717, 1.165) is 34.0 Å². The number of nitrogens with zero attached hydrogens (tertiary/aromatic N) is 1. The molecule has 24 heavy (non-hydrogen) atoms. The normalized spacial score (nSPS) is 12.4. The molecule has 0 saturated heterocycles. The van der Waals surface area contributed by atoms with E-state index >= 15 is 0 Å². The topological polar surface area (TPSA) is 51.5 Å². The van der Waals surface area contributed by atoms with Crippen molar-refractivity contribution < 1.29 is 4.42 Å². The quantitative estimate of drug-likeness (QED) is 0.687. The molecule has 0 fully saturated rings. The van der Waals surface area contributed by atoms with Crippen LogP contribution < -0.4 is 5.73 Å². The van der Waals surface area contributed by atoms with Gasteiger partial charge in [0.15, 0.2) is 0 Å². The molecule has 0 atom stereocenters. The lowest BCUT2D eigenvalue weighted by Crippen LogP contribution is -2.03. The molecule has 0 aliphatic rings. The van der Waals surface area contributed by atoms with Gasteiger partial charge in [-0.1, -0.05) is 48.5 Å². The summed E-state index contributed by atoms with van der Waals surface area (Å²) in [6, 6.07) is 21.7. The first-order chi connectivity index (χ1) is 11.6. The molecule has 0 unspecified atom stereocenters. The van der Waals surface area contributed by atoms with Gasteiger partial charge in [-0.15, -0.1) is 0 Å². The molecule has 0 aliphatic heterocycles. The Bertz CT molecular complexity index is 875. The number of aryl methyl sites for hydroxylation is 2. The molecule has 0 spiro atoms. The number of hydrogen-bond acceptors (Lipinski definition) is 3. The number of allylic oxidation sites excluding steroid dienone is 1. The molecular weight excluding hydrogens is 296 g/mol. The summed E-state index contributed by atoms with van der Waals surface area (Å²) in [4.78, 5) is 4.77. The van der Waals surface area contributed by atoms with Crippen molar-refractivity contribution in [2.24, 2.45) is 10.7 Å². The minimum Gasteiger partial charge on any atom is -0.466 e. The van der Waals surface area contributed by atoms with E-state index in [0.29, 0.717) is 5.70 Å². The third kappa shape index (κ3) is 3.63. The van der Waals surface area contributed by atoms with Gasteiger partial charge in [-0.05, 0) is 43.7 Å². The fourth-order valence-corrected chi connectivity index (χ4v) is 2.56. The molecular formula is C21H20N2O. The van der Waals surface area contributed by atoms with Crippen LogP contribution in [-0.2, 0) is 0 Å². The van der Waals surface area contributed by atoms with Crippen molar-refractivity contribution >= 4 is 17.1 Å². The Hall–Kier alpha value is -3.07. The Morgan fingerprint density at radius 2 is 1.58 bits per heavy atom. The van der Waals surface area contributed by atoms with Crippen molar-refractivity contribution in [1.82, 2.24) is 0 Å². The summed E-state index contributed by atoms with van der Waals surface area (Å²) in [6.07, 6.45) is 1.90. The van der Waals surface area contributed by atoms with E-state index in [-0.39, 0.29) is 0 Å². The Labute approximate surface area is 142 Å². The van der Waals surface area contributed by atoms with E-state index in [1.54, 1.807) is 0 Å². The number of benzene rings is 2. The fraction of sp³-hybridized carbons (Fsp3) is 0.0952. The van der Waals surface area contributed by atoms with Crippen molar-refractivity contribution in [1.29, 1.82) is 0 Å². The summed E-state index contributed by atoms with van der Waals surface area (Å²) >= 11 is 0. The number of rotatable bonds is 4. The lowest BCUT2D eigenvalue weighted by Gasteiger charge is -2.05. The Morgan fingerprint density at radius 3 is 2.17 bits per heavy atom. The molecule has 2 aromatic carbocycles. The van der Waals surface area contributed by atoms with Crippen LogP contribution in [0.1, 0.15) is 22.6 Å². The first kappa shape index (κ1) is 15.8. The maximum Gasteiger partial charge on any atom is 0.110 e. The molecule has 0 radical (unpaired) electrons. The highest BCUT2D eigenvalue weighted by atomic mass is 16.3. The molecule has 3 rings (SSSR count). The average Bonchev–Trinajstić information content (AvgIpc) is 2.94. The highest BCUT2D eigenvalue weighted by Crippen LogP contribution is 2.21. The number of hydrogen-bond donors (Lipinski definition) is 1. The van der Waals surface area contributed by atoms with E-state index in [1.807, 2.05) is 86.7 Å². The van der Waals surface area contributed by atoms with Gasteiger partial charge >= 0.3 is 0 Å². The predicted molar refractivity (Wildman–Crippen MR) is 99.4 cm³/mol. The monoisotopic (exact) mass is 316 g/mol. The van der Waals surface area contributed by atoms with Gasteiger partial charge in [-0.3, -0.25) is 0 Å². The molecule has 0 amide bonds. The summed E-state index contributed by atoms with van der Waals surface area (Å²) in [6.45, 7) is 3.87. The standard InChI is InChI=1S/C21H20N2O/c1-15-13-19(16(2)24-15)21(23-18-11-7-4-8-12-18)14-20(22)17-9-5-3-6-10-17/h3-14H,22H2,1-2H3/b20-14-,23-21?. The van der Waals surface area contributed by atoms with Crippen molar-refractivity contribution in [2.75, 3.05) is 0 Å². The van der Waals surface area contributed by atoms with Gasteiger partial charge in [0.05, 0.1) is 11.4 Å². The second-order valence-corrected chi connectivity index (χ2v) is 5.63. The van der Waals surface area contributed by atoms with Gasteiger partial charge in [0.25, 0.3) is 0 Å². The molecule has 2 N–H and O–H groups in total. The molecule has 3 aromatic rings. The van der Waals surface area contributed by atoms with Crippen molar-refractivity contribution in [3.8, 4) is 0 Å². The van der Waals surface area contributed by atoms with Crippen LogP contribution in [0.5, 0.6) is 0 Å². The Morgan fingerprint density at radius 1 is 0.958 bits per heavy atom. The summed E-state index contributed by atoms with van der Waals surface area (Å²) in [5, 5.41) is 0. The lowest BCUT2D eigenvalue weighted by molar-refractivity contribution is 0.504. The number of furan rings is 1. The minimum absolute atomic E-state index is 0.670. The van der Waals surface area contributed by atoms with Crippen LogP contribution in [0.4, 0.5) is 5.69 Å². The van der Waals surface area contributed by atoms with Crippen LogP contribution in [-0.4, -0.2) is 5.71 Å². The van der Waals surface area contributed by atoms with Gasteiger partial charge in [0.2, 0.25) is 0 Å². The maximum atomic E-state index is 6.29. The molecule has 3 nitrogen and oxygen atoms in total. The summed E-state index contributed by atoms with van der Waals surface area (Å²) in [5.41, 5.74) is 10.6. The van der Waals surface area contributed by atoms with Crippen LogP contribution >= 0.6 is 0 Å². The van der Waals surface area contributed by atoms with Crippen LogP contribution in [0.25, 0.3) is 5.70 Å². The van der Waals surface area contributed by atoms with E-state index in [2.05, 4.69) is 0 Å². The second kappa shape index (κ2) is 7.01. The zero-order valence-electron chi connectivity index (χ0n) is 13.9. The molecule has 1 heterocycles. The van der Waals surface area contributed by atoms with Crippen molar-refractivity contribution in [2.45, 2.75) is 13.8 Å². The number of nitrogens with two attached hydrogens (primary N) is 1. The van der Waals surface area contributed by atoms with Gasteiger partial charge in [-0.25, -0.2) is 4.99 Å². The van der Waals surface area contributed by atoms with Gasteiger partial charge in [-0.2, -0.15) is 0 Å². The van der Waals surface area contributed by atoms with Crippen LogP contribution in [0, 0.1) is 13.8 Å². The summed E-state index contributed by atoms with van der Waals surface area (Å²) < 4.78 is 5.67. The minimum atomic E-state index is 0.670. The van der Waals surface area contributed by atoms with Crippen LogP contribution in [0.3, 0.4) is 0 Å². The predicted octanol–water partition coefficient (Wildman–Crippen LogP) is 5.02. The molecule has 0 saturated carbocycles. The molecule has 3 heteroatoms. The summed E-state index contributed by atoms with van der Waals surface area (Å²) in [5.74, 6) is 1.69. The zero-order valence-corrected chi connectivity index (χ0v) is 13.9. The zero-order chi connectivity index (χ0) is 16.9. The Balaban J connectivity index is 2.09. The number of para-hydroxylation sites is 1. The van der Waals surface area contributed by atoms with Crippen LogP contribution in [0.2, 0.25) is 0 Å². The molecule has 120 valence electrons. The second-order valence-electron chi connectivity index (χ2n) is 5.63. The highest BCUT2D eigenvalue weighted by molar-refractivity contribution is 6.13. The van der Waals surface area contributed by atoms with E-state index in [4.69, 9.17) is 15.1 Å². The molecule has 0 aliphatic carbocycles. The van der Waals surface area contributed by atoms with Crippen molar-refractivity contribution in [3.63, 3.8) is 0 Å². The third-order valence-corrected chi connectivity index (χ3v) is 3.72. The van der Waals surface area contributed by atoms with Crippen LogP contribution in [0.15, 0.2) is 82.2 Å². The highest BCUT2D eigenvalue weighted by Gasteiger charge is 2.11. The van der Waals surface area contributed by atoms with Gasteiger partial charge in [0, 0.05) is 11.3 Å². The maximum absolute atomic E-state index is 6.29. The Kier molecular flexibility index (Phi) is 4.62. The lowest BCUT2D eigenvalue weighted by atomic mass is 10.1. The molecule has 0 bridgehead atoms. The smallest absolute Gasteiger partial charge is 0.110 e. The first-order valence-electron chi connectivity index (χ1n) is 7.87. The van der Waals surface area contributed by atoms with E-state index < -0.39 is 0 Å².